The molecule has 0 bridgehead atoms. The summed E-state index contributed by atoms with van der Waals surface area (Å²) in [7, 11) is 3.47. The average Bonchev–Trinajstić information content (AvgIpc) is 2.29. The quantitative estimate of drug-likeness (QED) is 0.535. The maximum atomic E-state index is 5.86. The van der Waals surface area contributed by atoms with Gasteiger partial charge >= 0.3 is 0 Å². The number of rotatable bonds is 4. The fourth-order valence-electron chi connectivity index (χ4n) is 1.32. The maximum Gasteiger partial charge on any atom is 0.126 e. The summed E-state index contributed by atoms with van der Waals surface area (Å²) >= 11 is 5.86. The fraction of sp³-hybridized carbons (Fsp3) is 0.667. The molecule has 6 heteroatoms. The summed E-state index contributed by atoms with van der Waals surface area (Å²) in [5, 5.41) is 0.472. The lowest BCUT2D eigenvalue weighted by Gasteiger charge is -2.31. The molecular weight excluding hydrogens is 216 g/mol. The van der Waals surface area contributed by atoms with Crippen LogP contribution >= 0.6 is 11.6 Å². The van der Waals surface area contributed by atoms with Crippen LogP contribution in [0.2, 0.25) is 0 Å². The van der Waals surface area contributed by atoms with Crippen molar-refractivity contribution in [1.82, 2.24) is 15.8 Å². The van der Waals surface area contributed by atoms with Crippen LogP contribution in [-0.2, 0) is 4.74 Å². The van der Waals surface area contributed by atoms with E-state index in [-0.39, 0.29) is 0 Å². The molecule has 1 aliphatic rings. The third-order valence-corrected chi connectivity index (χ3v) is 2.35. The summed E-state index contributed by atoms with van der Waals surface area (Å²) in [6.07, 6.45) is 1.80. The van der Waals surface area contributed by atoms with Crippen molar-refractivity contribution in [2.45, 2.75) is 0 Å². The summed E-state index contributed by atoms with van der Waals surface area (Å²) in [5.41, 5.74) is 5.91. The number of hydrazine groups is 1. The Morgan fingerprint density at radius 1 is 1.47 bits per heavy atom. The minimum atomic E-state index is 0.472. The minimum absolute atomic E-state index is 0.472. The van der Waals surface area contributed by atoms with Crippen LogP contribution in [0.15, 0.2) is 16.9 Å². The van der Waals surface area contributed by atoms with Gasteiger partial charge in [0.15, 0.2) is 0 Å². The molecule has 0 spiro atoms. The number of nitrogens with one attached hydrogen (secondary N) is 2. The van der Waals surface area contributed by atoms with Gasteiger partial charge in [-0.1, -0.05) is 11.6 Å². The standard InChI is InChI=1S/C9H17ClN4O/c1-11-8(10)7-9(13-12-2)14-3-5-15-6-4-14/h7,12-13H,3-6H2,1-2H3/b9-7+,11-8+. The van der Waals surface area contributed by atoms with Gasteiger partial charge in [-0.05, 0) is 0 Å². The molecule has 0 aliphatic carbocycles. The zero-order chi connectivity index (χ0) is 11.1. The molecule has 1 heterocycles. The third kappa shape index (κ3) is 4.07. The van der Waals surface area contributed by atoms with Gasteiger partial charge in [0.2, 0.25) is 0 Å². The van der Waals surface area contributed by atoms with Crippen molar-refractivity contribution in [1.29, 1.82) is 0 Å². The number of halogens is 1. The predicted octanol–water partition coefficient (Wildman–Crippen LogP) is 0.151. The van der Waals surface area contributed by atoms with Crippen molar-refractivity contribution in [3.63, 3.8) is 0 Å². The molecule has 1 rings (SSSR count). The lowest BCUT2D eigenvalue weighted by molar-refractivity contribution is 0.0496. The number of hydrogen-bond acceptors (Lipinski definition) is 5. The van der Waals surface area contributed by atoms with Gasteiger partial charge in [0.1, 0.15) is 11.0 Å². The Balaban J connectivity index is 2.66. The summed E-state index contributed by atoms with van der Waals surface area (Å²) in [6.45, 7) is 3.19. The molecule has 1 aliphatic heterocycles. The normalized spacial score (nSPS) is 19.3. The first-order valence-electron chi connectivity index (χ1n) is 4.87. The molecule has 0 aromatic rings. The van der Waals surface area contributed by atoms with Crippen LogP contribution in [0.4, 0.5) is 0 Å². The van der Waals surface area contributed by atoms with E-state index in [4.69, 9.17) is 16.3 Å². The predicted molar refractivity (Wildman–Crippen MR) is 61.9 cm³/mol. The topological polar surface area (TPSA) is 48.9 Å². The van der Waals surface area contributed by atoms with Crippen molar-refractivity contribution >= 4 is 16.8 Å². The van der Waals surface area contributed by atoms with Gasteiger partial charge in [-0.15, -0.1) is 0 Å². The highest BCUT2D eigenvalue weighted by molar-refractivity contribution is 6.68. The highest BCUT2D eigenvalue weighted by atomic mass is 35.5. The molecule has 5 nitrogen and oxygen atoms in total. The highest BCUT2D eigenvalue weighted by Gasteiger charge is 2.13. The molecule has 0 atom stereocenters. The first kappa shape index (κ1) is 12.3. The van der Waals surface area contributed by atoms with Crippen molar-refractivity contribution < 1.29 is 4.74 Å². The Kier molecular flexibility index (Phi) is 5.45. The van der Waals surface area contributed by atoms with Crippen LogP contribution in [-0.4, -0.2) is 50.5 Å². The number of allylic oxidation sites excluding steroid dienone is 1. The van der Waals surface area contributed by atoms with Gasteiger partial charge in [0.25, 0.3) is 0 Å². The number of ether oxygens (including phenoxy) is 1. The van der Waals surface area contributed by atoms with Crippen molar-refractivity contribution in [3.05, 3.63) is 11.9 Å². The fourth-order valence-corrected chi connectivity index (χ4v) is 1.42. The van der Waals surface area contributed by atoms with Crippen LogP contribution in [0.3, 0.4) is 0 Å². The zero-order valence-electron chi connectivity index (χ0n) is 9.09. The Hall–Kier alpha value is -0.780. The van der Waals surface area contributed by atoms with Crippen molar-refractivity contribution in [2.75, 3.05) is 40.4 Å². The van der Waals surface area contributed by atoms with E-state index in [1.165, 1.54) is 0 Å². The maximum absolute atomic E-state index is 5.86. The number of morpholine rings is 1. The van der Waals surface area contributed by atoms with E-state index in [0.717, 1.165) is 32.1 Å². The second-order valence-corrected chi connectivity index (χ2v) is 3.44. The molecule has 0 aromatic heterocycles. The Morgan fingerprint density at radius 3 is 2.67 bits per heavy atom. The molecule has 0 amide bonds. The molecule has 15 heavy (non-hydrogen) atoms. The van der Waals surface area contributed by atoms with Crippen molar-refractivity contribution in [3.8, 4) is 0 Å². The van der Waals surface area contributed by atoms with Gasteiger partial charge in [0.05, 0.1) is 13.2 Å². The van der Waals surface area contributed by atoms with Crippen LogP contribution in [0, 0.1) is 0 Å². The molecule has 2 N–H and O–H groups in total. The minimum Gasteiger partial charge on any atom is -0.378 e. The van der Waals surface area contributed by atoms with Gasteiger partial charge < -0.3 is 15.1 Å². The average molecular weight is 233 g/mol. The molecular formula is C9H17ClN4O. The molecule has 1 fully saturated rings. The van der Waals surface area contributed by atoms with E-state index in [9.17, 15) is 0 Å². The SMILES string of the molecule is C/N=C(Cl)\C=C(/NNC)N1CCOCC1. The van der Waals surface area contributed by atoms with Crippen LogP contribution in [0.25, 0.3) is 0 Å². The molecule has 0 saturated carbocycles. The Morgan fingerprint density at radius 2 is 2.13 bits per heavy atom. The van der Waals surface area contributed by atoms with Gasteiger partial charge in [-0.25, -0.2) is 5.43 Å². The van der Waals surface area contributed by atoms with Gasteiger partial charge in [0, 0.05) is 33.3 Å². The summed E-state index contributed by atoms with van der Waals surface area (Å²) in [5.74, 6) is 0.913. The Bertz CT molecular complexity index is 248. The second kappa shape index (κ2) is 6.66. The van der Waals surface area contributed by atoms with E-state index in [2.05, 4.69) is 20.7 Å². The number of nitrogens with zero attached hydrogens (tertiary/aromatic N) is 2. The second-order valence-electron chi connectivity index (χ2n) is 3.05. The van der Waals surface area contributed by atoms with Crippen molar-refractivity contribution in [2.24, 2.45) is 4.99 Å². The molecule has 0 unspecified atom stereocenters. The summed E-state index contributed by atoms with van der Waals surface area (Å²) < 4.78 is 5.28. The summed E-state index contributed by atoms with van der Waals surface area (Å²) in [4.78, 5) is 6.05. The van der Waals surface area contributed by atoms with Crippen LogP contribution < -0.4 is 10.9 Å². The first-order chi connectivity index (χ1) is 7.27. The monoisotopic (exact) mass is 232 g/mol. The van der Waals surface area contributed by atoms with E-state index < -0.39 is 0 Å². The largest absolute Gasteiger partial charge is 0.378 e. The van der Waals surface area contributed by atoms with Crippen LogP contribution in [0.5, 0.6) is 0 Å². The van der Waals surface area contributed by atoms with Gasteiger partial charge in [-0.2, -0.15) is 0 Å². The first-order valence-corrected chi connectivity index (χ1v) is 5.25. The Labute approximate surface area is 95.1 Å². The highest BCUT2D eigenvalue weighted by Crippen LogP contribution is 2.05. The molecule has 0 radical (unpaired) electrons. The van der Waals surface area contributed by atoms with E-state index in [1.807, 2.05) is 7.05 Å². The molecule has 0 aromatic carbocycles. The van der Waals surface area contributed by atoms with E-state index in [1.54, 1.807) is 13.1 Å². The third-order valence-electron chi connectivity index (χ3n) is 2.07. The number of hydrogen-bond donors (Lipinski definition) is 2. The zero-order valence-corrected chi connectivity index (χ0v) is 9.84. The lowest BCUT2D eigenvalue weighted by atomic mass is 10.4. The smallest absolute Gasteiger partial charge is 0.126 e. The molecule has 86 valence electrons. The number of aliphatic imine (C=N–C) groups is 1. The lowest BCUT2D eigenvalue weighted by Crippen LogP contribution is -2.43. The van der Waals surface area contributed by atoms with E-state index in [0.29, 0.717) is 5.17 Å². The van der Waals surface area contributed by atoms with E-state index >= 15 is 0 Å². The molecule has 1 saturated heterocycles. The van der Waals surface area contributed by atoms with Crippen LogP contribution in [0.1, 0.15) is 0 Å². The van der Waals surface area contributed by atoms with Gasteiger partial charge in [-0.3, -0.25) is 4.99 Å². The summed E-state index contributed by atoms with van der Waals surface area (Å²) in [6, 6.07) is 0.